The normalized spacial score (nSPS) is 13.6. The molecule has 15 heteroatoms. The lowest BCUT2D eigenvalue weighted by atomic mass is 10.2. The second-order valence-corrected chi connectivity index (χ2v) is 12.6. The highest BCUT2D eigenvalue weighted by molar-refractivity contribution is 7.99. The highest BCUT2D eigenvalue weighted by atomic mass is 32.2. The van der Waals surface area contributed by atoms with Crippen molar-refractivity contribution < 1.29 is 32.2 Å². The predicted molar refractivity (Wildman–Crippen MR) is 167 cm³/mol. The van der Waals surface area contributed by atoms with Crippen LogP contribution in [0.5, 0.6) is 11.5 Å². The number of carbonyl (C=O) groups excluding carboxylic acids is 2. The lowest BCUT2D eigenvalue weighted by Crippen LogP contribution is -2.40. The maximum Gasteiger partial charge on any atom is 0.251 e. The lowest BCUT2D eigenvalue weighted by Gasteiger charge is -2.26. The van der Waals surface area contributed by atoms with Gasteiger partial charge in [0.05, 0.1) is 50.3 Å². The van der Waals surface area contributed by atoms with Gasteiger partial charge in [0.1, 0.15) is 11.5 Å². The van der Waals surface area contributed by atoms with E-state index in [0.29, 0.717) is 47.1 Å². The highest BCUT2D eigenvalue weighted by Crippen LogP contribution is 2.29. The minimum absolute atomic E-state index is 0.00366. The number of benzene rings is 3. The maximum atomic E-state index is 13.1. The van der Waals surface area contributed by atoms with Crippen LogP contribution in [0.4, 0.5) is 5.69 Å². The van der Waals surface area contributed by atoms with Gasteiger partial charge in [0, 0.05) is 24.3 Å². The average Bonchev–Trinajstić information content (AvgIpc) is 3.49. The number of ether oxygens (including phenoxy) is 3. The molecule has 0 atom stereocenters. The number of hydrogen-bond acceptors (Lipinski definition) is 10. The highest BCUT2D eigenvalue weighted by Gasteiger charge is 2.26. The van der Waals surface area contributed by atoms with E-state index < -0.39 is 15.9 Å². The first-order chi connectivity index (χ1) is 21.8. The summed E-state index contributed by atoms with van der Waals surface area (Å²) in [7, 11) is -0.565. The first kappa shape index (κ1) is 32.0. The van der Waals surface area contributed by atoms with Gasteiger partial charge in [-0.3, -0.25) is 14.2 Å². The number of thioether (sulfide) groups is 1. The molecule has 0 bridgehead atoms. The number of carbonyl (C=O) groups is 2. The van der Waals surface area contributed by atoms with E-state index in [9.17, 15) is 18.0 Å². The fourth-order valence-corrected chi connectivity index (χ4v) is 6.71. The van der Waals surface area contributed by atoms with Gasteiger partial charge in [-0.05, 0) is 60.7 Å². The summed E-state index contributed by atoms with van der Waals surface area (Å²) in [6, 6.07) is 20.0. The van der Waals surface area contributed by atoms with Crippen LogP contribution in [0.25, 0.3) is 5.69 Å². The number of sulfonamides is 1. The summed E-state index contributed by atoms with van der Waals surface area (Å²) in [5, 5.41) is 14.7. The Morgan fingerprint density at radius 3 is 2.33 bits per heavy atom. The number of morpholine rings is 1. The minimum atomic E-state index is -3.68. The zero-order chi connectivity index (χ0) is 31.8. The number of methoxy groups -OCH3 is 2. The maximum absolute atomic E-state index is 13.1. The number of amides is 2. The van der Waals surface area contributed by atoms with Crippen molar-refractivity contribution in [1.29, 1.82) is 0 Å². The Morgan fingerprint density at radius 2 is 1.64 bits per heavy atom. The Labute approximate surface area is 264 Å². The van der Waals surface area contributed by atoms with Gasteiger partial charge < -0.3 is 24.8 Å². The number of para-hydroxylation sites is 2. The van der Waals surface area contributed by atoms with E-state index >= 15 is 0 Å². The van der Waals surface area contributed by atoms with E-state index in [1.807, 2.05) is 18.2 Å². The summed E-state index contributed by atoms with van der Waals surface area (Å²) in [4.78, 5) is 25.9. The van der Waals surface area contributed by atoms with Crippen LogP contribution in [0.2, 0.25) is 0 Å². The monoisotopic (exact) mass is 652 g/mol. The van der Waals surface area contributed by atoms with Crippen LogP contribution in [0.3, 0.4) is 0 Å². The summed E-state index contributed by atoms with van der Waals surface area (Å²) in [5.41, 5.74) is 1.54. The molecule has 1 aliphatic rings. The summed E-state index contributed by atoms with van der Waals surface area (Å²) >= 11 is 1.18. The van der Waals surface area contributed by atoms with Gasteiger partial charge >= 0.3 is 0 Å². The first-order valence-corrected chi connectivity index (χ1v) is 16.3. The molecule has 3 aromatic carbocycles. The number of rotatable bonds is 12. The predicted octanol–water partition coefficient (Wildman–Crippen LogP) is 2.97. The molecule has 13 nitrogen and oxygen atoms in total. The minimum Gasteiger partial charge on any atom is -0.497 e. The van der Waals surface area contributed by atoms with Crippen molar-refractivity contribution in [3.63, 3.8) is 0 Å². The molecule has 0 saturated carbocycles. The third-order valence-electron chi connectivity index (χ3n) is 6.86. The van der Waals surface area contributed by atoms with Crippen molar-refractivity contribution in [2.45, 2.75) is 16.6 Å². The first-order valence-electron chi connectivity index (χ1n) is 13.9. The zero-order valence-corrected chi connectivity index (χ0v) is 26.3. The van der Waals surface area contributed by atoms with Crippen LogP contribution in [0.15, 0.2) is 82.8 Å². The van der Waals surface area contributed by atoms with E-state index in [-0.39, 0.29) is 41.8 Å². The molecule has 0 aliphatic carbocycles. The fraction of sp³-hybridized carbons (Fsp3) is 0.267. The SMILES string of the molecule is COc1ccc(NC(=O)CSc2nnc(CNC(=O)c3ccc(S(=O)(=O)N4CCOCC4)cc3)n2-c2ccccc2OC)cc1. The van der Waals surface area contributed by atoms with Crippen molar-refractivity contribution >= 4 is 39.3 Å². The van der Waals surface area contributed by atoms with Crippen molar-refractivity contribution in [2.75, 3.05) is 51.6 Å². The topological polar surface area (TPSA) is 154 Å². The number of hydrogen-bond donors (Lipinski definition) is 2. The number of nitrogens with one attached hydrogen (secondary N) is 2. The average molecular weight is 653 g/mol. The Hall–Kier alpha value is -4.44. The molecule has 1 aromatic heterocycles. The molecule has 4 aromatic rings. The van der Waals surface area contributed by atoms with E-state index in [1.54, 1.807) is 49.1 Å². The molecule has 0 unspecified atom stereocenters. The number of anilines is 1. The molecule has 1 aliphatic heterocycles. The summed E-state index contributed by atoms with van der Waals surface area (Å²) in [6.45, 7) is 1.25. The van der Waals surface area contributed by atoms with Crippen molar-refractivity contribution in [1.82, 2.24) is 24.4 Å². The molecule has 1 saturated heterocycles. The van der Waals surface area contributed by atoms with Gasteiger partial charge in [-0.2, -0.15) is 4.31 Å². The number of nitrogens with zero attached hydrogens (tertiary/aromatic N) is 4. The van der Waals surface area contributed by atoms with Gasteiger partial charge in [-0.15, -0.1) is 10.2 Å². The third kappa shape index (κ3) is 7.62. The van der Waals surface area contributed by atoms with Crippen LogP contribution in [0.1, 0.15) is 16.2 Å². The van der Waals surface area contributed by atoms with E-state index in [1.165, 1.54) is 40.3 Å². The molecule has 1 fully saturated rings. The Bertz CT molecular complexity index is 1740. The Morgan fingerprint density at radius 1 is 0.933 bits per heavy atom. The Kier molecular flexibility index (Phi) is 10.3. The quantitative estimate of drug-likeness (QED) is 0.218. The van der Waals surface area contributed by atoms with E-state index in [4.69, 9.17) is 14.2 Å². The number of aromatic nitrogens is 3. The lowest BCUT2D eigenvalue weighted by molar-refractivity contribution is -0.113. The molecule has 0 spiro atoms. The van der Waals surface area contributed by atoms with Crippen LogP contribution in [0, 0.1) is 0 Å². The summed E-state index contributed by atoms with van der Waals surface area (Å²) in [5.74, 6) is 1.01. The van der Waals surface area contributed by atoms with Gasteiger partial charge in [0.25, 0.3) is 5.91 Å². The molecule has 2 heterocycles. The fourth-order valence-electron chi connectivity index (χ4n) is 4.54. The second kappa shape index (κ2) is 14.6. The van der Waals surface area contributed by atoms with Crippen LogP contribution in [-0.4, -0.2) is 85.6 Å². The van der Waals surface area contributed by atoms with Gasteiger partial charge in [-0.25, -0.2) is 8.42 Å². The van der Waals surface area contributed by atoms with Crippen LogP contribution >= 0.6 is 11.8 Å². The molecule has 2 amide bonds. The van der Waals surface area contributed by atoms with Crippen LogP contribution < -0.4 is 20.1 Å². The van der Waals surface area contributed by atoms with Crippen molar-refractivity contribution in [3.05, 3.63) is 84.2 Å². The van der Waals surface area contributed by atoms with Crippen molar-refractivity contribution in [3.8, 4) is 17.2 Å². The molecule has 45 heavy (non-hydrogen) atoms. The van der Waals surface area contributed by atoms with Gasteiger partial charge in [0.15, 0.2) is 11.0 Å². The zero-order valence-electron chi connectivity index (χ0n) is 24.6. The van der Waals surface area contributed by atoms with Crippen molar-refractivity contribution in [2.24, 2.45) is 0 Å². The molecular weight excluding hydrogens is 620 g/mol. The van der Waals surface area contributed by atoms with Crippen LogP contribution in [-0.2, 0) is 26.1 Å². The summed E-state index contributed by atoms with van der Waals surface area (Å²) in [6.07, 6.45) is 0. The van der Waals surface area contributed by atoms with Gasteiger partial charge in [-0.1, -0.05) is 23.9 Å². The Balaban J connectivity index is 1.29. The molecule has 0 radical (unpaired) electrons. The van der Waals surface area contributed by atoms with E-state index in [0.717, 1.165) is 0 Å². The molecule has 5 rings (SSSR count). The third-order valence-corrected chi connectivity index (χ3v) is 9.71. The van der Waals surface area contributed by atoms with E-state index in [2.05, 4.69) is 20.8 Å². The molecule has 2 N–H and O–H groups in total. The molecular formula is C30H32N6O7S2. The largest absolute Gasteiger partial charge is 0.497 e. The standard InChI is InChI=1S/C30H32N6O7S2/c1-41-23-11-9-22(10-12-23)32-28(37)20-44-30-34-33-27(36(30)25-5-3-4-6-26(25)42-2)19-31-29(38)21-7-13-24(14-8-21)45(39,40)35-15-17-43-18-16-35/h3-14H,15-20H2,1-2H3,(H,31,38)(H,32,37). The van der Waals surface area contributed by atoms with Gasteiger partial charge in [0.2, 0.25) is 15.9 Å². The summed E-state index contributed by atoms with van der Waals surface area (Å²) < 4.78 is 44.9. The molecule has 236 valence electrons. The smallest absolute Gasteiger partial charge is 0.251 e. The second-order valence-electron chi connectivity index (χ2n) is 9.69.